The molecule has 0 aliphatic heterocycles. The van der Waals surface area contributed by atoms with Crippen molar-refractivity contribution in [2.24, 2.45) is 0 Å². The number of nitrogens with zero attached hydrogens (tertiary/aromatic N) is 6. The Morgan fingerprint density at radius 2 is 2.09 bits per heavy atom. The highest BCUT2D eigenvalue weighted by atomic mass is 15.5. The Morgan fingerprint density at radius 1 is 1.13 bits per heavy atom. The lowest BCUT2D eigenvalue weighted by atomic mass is 10.0. The molecule has 4 aromatic rings. The molecule has 0 fully saturated rings. The van der Waals surface area contributed by atoms with Gasteiger partial charge in [-0.3, -0.25) is 4.98 Å². The molecule has 112 valence electrons. The van der Waals surface area contributed by atoms with E-state index in [0.717, 1.165) is 28.1 Å². The summed E-state index contributed by atoms with van der Waals surface area (Å²) in [6.45, 7) is 2.05. The van der Waals surface area contributed by atoms with E-state index < -0.39 is 0 Å². The SMILES string of the molecule is Cc1cc(-c2nnn[nH]2)ccc1-c1ccc(-n2ccnc2)cn1. The number of aryl methyl sites for hydroxylation is 1. The van der Waals surface area contributed by atoms with Crippen molar-refractivity contribution >= 4 is 0 Å². The zero-order valence-corrected chi connectivity index (χ0v) is 12.4. The van der Waals surface area contributed by atoms with E-state index in [4.69, 9.17) is 0 Å². The van der Waals surface area contributed by atoms with Crippen LogP contribution in [0.3, 0.4) is 0 Å². The Hall–Kier alpha value is -3.35. The molecule has 0 aliphatic rings. The molecule has 0 saturated heterocycles. The number of benzene rings is 1. The normalized spacial score (nSPS) is 10.8. The fourth-order valence-corrected chi connectivity index (χ4v) is 2.49. The van der Waals surface area contributed by atoms with Gasteiger partial charge in [0.2, 0.25) is 0 Å². The van der Waals surface area contributed by atoms with Crippen LogP contribution < -0.4 is 0 Å². The summed E-state index contributed by atoms with van der Waals surface area (Å²) < 4.78 is 1.92. The number of rotatable bonds is 3. The monoisotopic (exact) mass is 303 g/mol. The topological polar surface area (TPSA) is 85.2 Å². The first-order valence-electron chi connectivity index (χ1n) is 7.11. The van der Waals surface area contributed by atoms with Gasteiger partial charge < -0.3 is 4.57 Å². The van der Waals surface area contributed by atoms with Crippen LogP contribution in [-0.2, 0) is 0 Å². The number of aromatic amines is 1. The molecule has 7 heteroatoms. The van der Waals surface area contributed by atoms with E-state index in [1.165, 1.54) is 0 Å². The van der Waals surface area contributed by atoms with Crippen LogP contribution in [0.5, 0.6) is 0 Å². The fourth-order valence-electron chi connectivity index (χ4n) is 2.49. The highest BCUT2D eigenvalue weighted by Gasteiger charge is 2.08. The highest BCUT2D eigenvalue weighted by Crippen LogP contribution is 2.26. The van der Waals surface area contributed by atoms with Gasteiger partial charge in [-0.05, 0) is 41.1 Å². The maximum absolute atomic E-state index is 4.56. The maximum atomic E-state index is 4.56. The van der Waals surface area contributed by atoms with Crippen molar-refractivity contribution in [3.05, 3.63) is 60.8 Å². The van der Waals surface area contributed by atoms with Crippen LogP contribution in [0.25, 0.3) is 28.3 Å². The van der Waals surface area contributed by atoms with Gasteiger partial charge in [-0.25, -0.2) is 10.1 Å². The van der Waals surface area contributed by atoms with Gasteiger partial charge >= 0.3 is 0 Å². The third-order valence-electron chi connectivity index (χ3n) is 3.67. The largest absolute Gasteiger partial charge is 0.305 e. The number of pyridine rings is 1. The van der Waals surface area contributed by atoms with Gasteiger partial charge in [-0.2, -0.15) is 0 Å². The average Bonchev–Trinajstić information content (AvgIpc) is 3.29. The lowest BCUT2D eigenvalue weighted by molar-refractivity contribution is 0.881. The van der Waals surface area contributed by atoms with Crippen LogP contribution in [0.2, 0.25) is 0 Å². The Balaban J connectivity index is 1.68. The third kappa shape index (κ3) is 2.48. The van der Waals surface area contributed by atoms with Crippen molar-refractivity contribution in [3.8, 4) is 28.3 Å². The molecule has 0 spiro atoms. The minimum atomic E-state index is 0.656. The van der Waals surface area contributed by atoms with E-state index in [1.54, 1.807) is 12.5 Å². The molecule has 4 rings (SSSR count). The number of tetrazole rings is 1. The zero-order valence-electron chi connectivity index (χ0n) is 12.4. The number of imidazole rings is 1. The first-order valence-corrected chi connectivity index (χ1v) is 7.11. The van der Waals surface area contributed by atoms with Crippen molar-refractivity contribution < 1.29 is 0 Å². The van der Waals surface area contributed by atoms with Gasteiger partial charge in [-0.15, -0.1) is 5.10 Å². The molecule has 0 saturated carbocycles. The molecule has 1 N–H and O–H groups in total. The van der Waals surface area contributed by atoms with Crippen LogP contribution in [0.1, 0.15) is 5.56 Å². The Kier molecular flexibility index (Phi) is 3.16. The van der Waals surface area contributed by atoms with Gasteiger partial charge in [0, 0.05) is 23.5 Å². The second kappa shape index (κ2) is 5.45. The lowest BCUT2D eigenvalue weighted by Gasteiger charge is -2.08. The van der Waals surface area contributed by atoms with Crippen molar-refractivity contribution in [3.63, 3.8) is 0 Å². The van der Waals surface area contributed by atoms with Gasteiger partial charge in [0.05, 0.1) is 23.9 Å². The van der Waals surface area contributed by atoms with Gasteiger partial charge in [0.15, 0.2) is 5.82 Å². The molecule has 0 unspecified atom stereocenters. The predicted molar refractivity (Wildman–Crippen MR) is 84.7 cm³/mol. The summed E-state index contributed by atoms with van der Waals surface area (Å²) in [4.78, 5) is 8.60. The lowest BCUT2D eigenvalue weighted by Crippen LogP contribution is -1.93. The quantitative estimate of drug-likeness (QED) is 0.628. The smallest absolute Gasteiger partial charge is 0.179 e. The van der Waals surface area contributed by atoms with Crippen molar-refractivity contribution in [1.82, 2.24) is 35.2 Å². The van der Waals surface area contributed by atoms with Gasteiger partial charge in [0.1, 0.15) is 0 Å². The molecule has 0 aliphatic carbocycles. The predicted octanol–water partition coefficient (Wildman–Crippen LogP) is 2.42. The van der Waals surface area contributed by atoms with Crippen molar-refractivity contribution in [1.29, 1.82) is 0 Å². The standard InChI is InChI=1S/C16H13N7/c1-11-8-12(16-19-21-22-20-16)2-4-14(11)15-5-3-13(9-18-15)23-7-6-17-10-23/h2-10H,1H3,(H,19,20,21,22). The molecular formula is C16H13N7. The molecule has 7 nitrogen and oxygen atoms in total. The molecule has 0 amide bonds. The molecule has 0 atom stereocenters. The van der Waals surface area contributed by atoms with Crippen LogP contribution >= 0.6 is 0 Å². The second-order valence-corrected chi connectivity index (χ2v) is 5.15. The number of H-pyrrole nitrogens is 1. The molecule has 1 aromatic carbocycles. The van der Waals surface area contributed by atoms with E-state index in [1.807, 2.05) is 54.2 Å². The summed E-state index contributed by atoms with van der Waals surface area (Å²) in [5.74, 6) is 0.656. The van der Waals surface area contributed by atoms with Gasteiger partial charge in [-0.1, -0.05) is 12.1 Å². The van der Waals surface area contributed by atoms with E-state index in [9.17, 15) is 0 Å². The summed E-state index contributed by atoms with van der Waals surface area (Å²) in [7, 11) is 0. The minimum absolute atomic E-state index is 0.656. The van der Waals surface area contributed by atoms with Crippen LogP contribution in [0.15, 0.2) is 55.2 Å². The van der Waals surface area contributed by atoms with Crippen molar-refractivity contribution in [2.75, 3.05) is 0 Å². The molecule has 3 aromatic heterocycles. The second-order valence-electron chi connectivity index (χ2n) is 5.15. The molecule has 0 bridgehead atoms. The first-order chi connectivity index (χ1) is 11.3. The Bertz CT molecular complexity index is 910. The number of nitrogens with one attached hydrogen (secondary N) is 1. The number of aromatic nitrogens is 7. The number of hydrogen-bond acceptors (Lipinski definition) is 5. The molecule has 3 heterocycles. The maximum Gasteiger partial charge on any atom is 0.179 e. The summed E-state index contributed by atoms with van der Waals surface area (Å²) in [6, 6.07) is 10.1. The minimum Gasteiger partial charge on any atom is -0.305 e. The van der Waals surface area contributed by atoms with Crippen molar-refractivity contribution in [2.45, 2.75) is 6.92 Å². The number of hydrogen-bond donors (Lipinski definition) is 1. The molecule has 0 radical (unpaired) electrons. The van der Waals surface area contributed by atoms with Gasteiger partial charge in [0.25, 0.3) is 0 Å². The zero-order chi connectivity index (χ0) is 15.6. The van der Waals surface area contributed by atoms with E-state index in [0.29, 0.717) is 5.82 Å². The summed E-state index contributed by atoms with van der Waals surface area (Å²) in [6.07, 6.45) is 7.23. The fraction of sp³-hybridized carbons (Fsp3) is 0.0625. The molecular weight excluding hydrogens is 290 g/mol. The van der Waals surface area contributed by atoms with Crippen LogP contribution in [0, 0.1) is 6.92 Å². The average molecular weight is 303 g/mol. The third-order valence-corrected chi connectivity index (χ3v) is 3.67. The summed E-state index contributed by atoms with van der Waals surface area (Å²) >= 11 is 0. The van der Waals surface area contributed by atoms with E-state index in [-0.39, 0.29) is 0 Å². The summed E-state index contributed by atoms with van der Waals surface area (Å²) in [5, 5.41) is 13.9. The van der Waals surface area contributed by atoms with E-state index in [2.05, 4.69) is 30.6 Å². The molecule has 23 heavy (non-hydrogen) atoms. The summed E-state index contributed by atoms with van der Waals surface area (Å²) in [5.41, 5.74) is 5.05. The Labute approximate surface area is 132 Å². The Morgan fingerprint density at radius 3 is 2.74 bits per heavy atom. The first kappa shape index (κ1) is 13.3. The highest BCUT2D eigenvalue weighted by molar-refractivity contribution is 5.69. The van der Waals surface area contributed by atoms with E-state index >= 15 is 0 Å². The van der Waals surface area contributed by atoms with Crippen LogP contribution in [-0.4, -0.2) is 35.2 Å². The van der Waals surface area contributed by atoms with Crippen LogP contribution in [0.4, 0.5) is 0 Å².